The Kier molecular flexibility index (Phi) is 4.42. The molecule has 0 bridgehead atoms. The van der Waals surface area contributed by atoms with E-state index in [2.05, 4.69) is 20.3 Å². The standard InChI is InChI=1S/C20H15F3N6/c21-20(22,23)17-10-18(29-19(25)28-17)26-12-6-7-15-13(8-12)14(24)9-16(27-15)11-4-2-1-3-5-11/h1-10H,(H2,24,27)(H3,25,26,28,29). The monoisotopic (exact) mass is 396 g/mol. The van der Waals surface area contributed by atoms with E-state index in [1.807, 2.05) is 30.3 Å². The summed E-state index contributed by atoms with van der Waals surface area (Å²) in [6.45, 7) is 0. The van der Waals surface area contributed by atoms with E-state index in [4.69, 9.17) is 11.5 Å². The third-order valence-corrected chi connectivity index (χ3v) is 4.22. The number of benzene rings is 2. The van der Waals surface area contributed by atoms with E-state index in [1.165, 1.54) is 0 Å². The minimum absolute atomic E-state index is 0.0726. The Balaban J connectivity index is 1.70. The summed E-state index contributed by atoms with van der Waals surface area (Å²) in [5.41, 5.74) is 13.8. The molecule has 2 aromatic carbocycles. The number of alkyl halides is 3. The maximum absolute atomic E-state index is 12.9. The Bertz CT molecular complexity index is 1190. The van der Waals surface area contributed by atoms with Gasteiger partial charge in [0.2, 0.25) is 5.95 Å². The Morgan fingerprint density at radius 2 is 1.59 bits per heavy atom. The van der Waals surface area contributed by atoms with Crippen molar-refractivity contribution < 1.29 is 13.2 Å². The van der Waals surface area contributed by atoms with E-state index < -0.39 is 17.8 Å². The molecule has 0 unspecified atom stereocenters. The molecule has 5 N–H and O–H groups in total. The van der Waals surface area contributed by atoms with Crippen molar-refractivity contribution in [3.63, 3.8) is 0 Å². The third-order valence-electron chi connectivity index (χ3n) is 4.22. The fourth-order valence-corrected chi connectivity index (χ4v) is 2.91. The molecule has 0 amide bonds. The molecule has 0 radical (unpaired) electrons. The van der Waals surface area contributed by atoms with Gasteiger partial charge in [-0.2, -0.15) is 18.2 Å². The number of hydrogen-bond donors (Lipinski definition) is 3. The first-order chi connectivity index (χ1) is 13.8. The van der Waals surface area contributed by atoms with Crippen LogP contribution in [0.3, 0.4) is 0 Å². The Morgan fingerprint density at radius 1 is 0.828 bits per heavy atom. The minimum atomic E-state index is -4.63. The highest BCUT2D eigenvalue weighted by molar-refractivity contribution is 5.95. The number of pyridine rings is 1. The molecule has 0 aliphatic carbocycles. The number of nitrogens with one attached hydrogen (secondary N) is 1. The molecule has 2 aromatic heterocycles. The predicted octanol–water partition coefficient (Wildman–Crippen LogP) is 4.62. The largest absolute Gasteiger partial charge is 0.433 e. The zero-order valence-corrected chi connectivity index (χ0v) is 14.9. The predicted molar refractivity (Wildman–Crippen MR) is 106 cm³/mol. The number of halogens is 3. The fourth-order valence-electron chi connectivity index (χ4n) is 2.91. The van der Waals surface area contributed by atoms with Gasteiger partial charge in [0.25, 0.3) is 0 Å². The van der Waals surface area contributed by atoms with Crippen molar-refractivity contribution in [1.82, 2.24) is 15.0 Å². The summed E-state index contributed by atoms with van der Waals surface area (Å²) in [5, 5.41) is 3.47. The number of aromatic nitrogens is 3. The van der Waals surface area contributed by atoms with Crippen molar-refractivity contribution in [2.45, 2.75) is 6.18 Å². The average molecular weight is 396 g/mol. The molecule has 0 atom stereocenters. The molecule has 146 valence electrons. The molecule has 4 rings (SSSR count). The third kappa shape index (κ3) is 3.88. The van der Waals surface area contributed by atoms with Crippen LogP contribution in [0.1, 0.15) is 5.69 Å². The molecular formula is C20H15F3N6. The lowest BCUT2D eigenvalue weighted by molar-refractivity contribution is -0.141. The number of fused-ring (bicyclic) bond motifs is 1. The Labute approximate surface area is 163 Å². The second-order valence-electron chi connectivity index (χ2n) is 6.31. The Morgan fingerprint density at radius 3 is 2.31 bits per heavy atom. The molecule has 0 aliphatic rings. The summed E-state index contributed by atoms with van der Waals surface area (Å²) < 4.78 is 38.8. The minimum Gasteiger partial charge on any atom is -0.398 e. The van der Waals surface area contributed by atoms with E-state index in [-0.39, 0.29) is 5.82 Å². The summed E-state index contributed by atoms with van der Waals surface area (Å²) in [6.07, 6.45) is -4.63. The van der Waals surface area contributed by atoms with Gasteiger partial charge in [-0.25, -0.2) is 9.97 Å². The average Bonchev–Trinajstić information content (AvgIpc) is 2.68. The first-order valence-electron chi connectivity index (χ1n) is 8.54. The van der Waals surface area contributed by atoms with Crippen LogP contribution in [0.4, 0.5) is 36.3 Å². The van der Waals surface area contributed by atoms with Crippen LogP contribution in [-0.4, -0.2) is 15.0 Å². The molecule has 0 saturated carbocycles. The first-order valence-corrected chi connectivity index (χ1v) is 8.54. The van der Waals surface area contributed by atoms with Crippen LogP contribution in [-0.2, 0) is 6.18 Å². The van der Waals surface area contributed by atoms with E-state index in [0.29, 0.717) is 22.3 Å². The molecule has 29 heavy (non-hydrogen) atoms. The van der Waals surface area contributed by atoms with Gasteiger partial charge in [-0.1, -0.05) is 30.3 Å². The van der Waals surface area contributed by atoms with Crippen molar-refractivity contribution in [1.29, 1.82) is 0 Å². The zero-order chi connectivity index (χ0) is 20.6. The summed E-state index contributed by atoms with van der Waals surface area (Å²) in [5.74, 6) is -0.548. The zero-order valence-electron chi connectivity index (χ0n) is 14.9. The lowest BCUT2D eigenvalue weighted by atomic mass is 10.1. The van der Waals surface area contributed by atoms with Crippen molar-refractivity contribution in [2.75, 3.05) is 16.8 Å². The maximum Gasteiger partial charge on any atom is 0.433 e. The molecule has 9 heteroatoms. The lowest BCUT2D eigenvalue weighted by Crippen LogP contribution is -2.12. The normalized spacial score (nSPS) is 11.6. The van der Waals surface area contributed by atoms with Crippen LogP contribution in [0.25, 0.3) is 22.2 Å². The smallest absolute Gasteiger partial charge is 0.398 e. The van der Waals surface area contributed by atoms with Crippen LogP contribution < -0.4 is 16.8 Å². The van der Waals surface area contributed by atoms with Crippen molar-refractivity contribution in [2.24, 2.45) is 0 Å². The highest BCUT2D eigenvalue weighted by Gasteiger charge is 2.33. The molecule has 6 nitrogen and oxygen atoms in total. The van der Waals surface area contributed by atoms with Gasteiger partial charge in [-0.05, 0) is 24.3 Å². The highest BCUT2D eigenvalue weighted by Crippen LogP contribution is 2.32. The molecule has 4 aromatic rings. The summed E-state index contributed by atoms with van der Waals surface area (Å²) in [4.78, 5) is 11.6. The van der Waals surface area contributed by atoms with Gasteiger partial charge in [-0.3, -0.25) is 0 Å². The molecule has 0 fully saturated rings. The van der Waals surface area contributed by atoms with Gasteiger partial charge in [0.05, 0.1) is 11.2 Å². The van der Waals surface area contributed by atoms with Crippen LogP contribution in [0.15, 0.2) is 60.7 Å². The number of nitrogens with zero attached hydrogens (tertiary/aromatic N) is 3. The van der Waals surface area contributed by atoms with Crippen molar-refractivity contribution in [3.05, 3.63) is 66.4 Å². The highest BCUT2D eigenvalue weighted by atomic mass is 19.4. The van der Waals surface area contributed by atoms with Crippen LogP contribution in [0.5, 0.6) is 0 Å². The SMILES string of the molecule is Nc1nc(Nc2ccc3nc(-c4ccccc4)cc(N)c3c2)cc(C(F)(F)F)n1. The van der Waals surface area contributed by atoms with E-state index in [0.717, 1.165) is 17.3 Å². The van der Waals surface area contributed by atoms with Gasteiger partial charge < -0.3 is 16.8 Å². The number of rotatable bonds is 3. The second kappa shape index (κ2) is 6.93. The summed E-state index contributed by atoms with van der Waals surface area (Å²) in [6, 6.07) is 17.2. The second-order valence-corrected chi connectivity index (χ2v) is 6.31. The van der Waals surface area contributed by atoms with Gasteiger partial charge in [0.15, 0.2) is 5.69 Å². The van der Waals surface area contributed by atoms with Gasteiger partial charge in [0.1, 0.15) is 5.82 Å². The first kappa shape index (κ1) is 18.5. The molecular weight excluding hydrogens is 381 g/mol. The van der Waals surface area contributed by atoms with Gasteiger partial charge in [-0.15, -0.1) is 0 Å². The number of nitrogens with two attached hydrogens (primary N) is 2. The number of anilines is 4. The maximum atomic E-state index is 12.9. The lowest BCUT2D eigenvalue weighted by Gasteiger charge is -2.12. The molecule has 0 spiro atoms. The van der Waals surface area contributed by atoms with E-state index in [9.17, 15) is 13.2 Å². The van der Waals surface area contributed by atoms with Crippen LogP contribution in [0, 0.1) is 0 Å². The quantitative estimate of drug-likeness (QED) is 0.467. The Hall–Kier alpha value is -3.88. The molecule has 0 saturated heterocycles. The van der Waals surface area contributed by atoms with Gasteiger partial charge in [0, 0.05) is 28.4 Å². The number of nitrogen functional groups attached to an aromatic ring is 2. The summed E-state index contributed by atoms with van der Waals surface area (Å²) >= 11 is 0. The van der Waals surface area contributed by atoms with E-state index >= 15 is 0 Å². The topological polar surface area (TPSA) is 103 Å². The van der Waals surface area contributed by atoms with Crippen molar-refractivity contribution >= 4 is 34.0 Å². The number of hydrogen-bond acceptors (Lipinski definition) is 6. The molecule has 2 heterocycles. The van der Waals surface area contributed by atoms with Gasteiger partial charge >= 0.3 is 6.18 Å². The summed E-state index contributed by atoms with van der Waals surface area (Å²) in [7, 11) is 0. The van der Waals surface area contributed by atoms with Crippen molar-refractivity contribution in [3.8, 4) is 11.3 Å². The van der Waals surface area contributed by atoms with E-state index in [1.54, 1.807) is 24.3 Å². The van der Waals surface area contributed by atoms with Crippen LogP contribution in [0.2, 0.25) is 0 Å². The molecule has 0 aliphatic heterocycles. The van der Waals surface area contributed by atoms with Crippen LogP contribution >= 0.6 is 0 Å². The fraction of sp³-hybridized carbons (Fsp3) is 0.0500.